The van der Waals surface area contributed by atoms with Crippen molar-refractivity contribution < 1.29 is 28.7 Å². The van der Waals surface area contributed by atoms with E-state index < -0.39 is 47.2 Å². The van der Waals surface area contributed by atoms with Gasteiger partial charge in [0, 0.05) is 84.4 Å². The van der Waals surface area contributed by atoms with E-state index in [-0.39, 0.29) is 37.3 Å². The van der Waals surface area contributed by atoms with Gasteiger partial charge in [0.2, 0.25) is 17.7 Å². The molecule has 1 aromatic carbocycles. The van der Waals surface area contributed by atoms with E-state index in [9.17, 15) is 24.0 Å². The molecule has 3 aromatic heterocycles. The van der Waals surface area contributed by atoms with Gasteiger partial charge in [-0.2, -0.15) is 0 Å². The number of benzene rings is 1. The van der Waals surface area contributed by atoms with Crippen molar-refractivity contribution in [2.45, 2.75) is 105 Å². The highest BCUT2D eigenvalue weighted by molar-refractivity contribution is 7.10. The Morgan fingerprint density at radius 3 is 2.66 bits per heavy atom. The first-order valence-corrected chi connectivity index (χ1v) is 22.8. The van der Waals surface area contributed by atoms with Crippen molar-refractivity contribution in [3.05, 3.63) is 70.8 Å². The first-order valence-electron chi connectivity index (χ1n) is 21.9. The molecule has 6 bridgehead atoms. The highest BCUT2D eigenvalue weighted by atomic mass is 32.1. The summed E-state index contributed by atoms with van der Waals surface area (Å²) in [6.45, 7) is 17.7. The van der Waals surface area contributed by atoms with Gasteiger partial charge in [0.15, 0.2) is 0 Å². The lowest BCUT2D eigenvalue weighted by atomic mass is 9.84. The number of aromatic nitrogens is 3. The Bertz CT molecular complexity index is 2370. The monoisotopic (exact) mass is 864 g/mol. The maximum Gasteiger partial charge on any atom is 0.324 e. The summed E-state index contributed by atoms with van der Waals surface area (Å²) in [5, 5.41) is 8.15. The molecule has 0 radical (unpaired) electrons. The van der Waals surface area contributed by atoms with Crippen molar-refractivity contribution in [3.63, 3.8) is 0 Å². The van der Waals surface area contributed by atoms with Crippen molar-refractivity contribution in [1.82, 2.24) is 40.1 Å². The van der Waals surface area contributed by atoms with Gasteiger partial charge in [-0.25, -0.2) is 10.4 Å². The Hall–Kier alpha value is -5.41. The molecule has 7 rings (SSSR count). The zero-order chi connectivity index (χ0) is 44.5. The summed E-state index contributed by atoms with van der Waals surface area (Å²) in [7, 11) is 1.60. The van der Waals surface area contributed by atoms with Gasteiger partial charge in [0.25, 0.3) is 5.91 Å². The van der Waals surface area contributed by atoms with Crippen LogP contribution in [0.1, 0.15) is 77.1 Å². The molecule has 0 saturated carbocycles. The molecule has 2 N–H and O–H groups in total. The second kappa shape index (κ2) is 18.5. The zero-order valence-electron chi connectivity index (χ0n) is 37.0. The normalized spacial score (nSPS) is 21.1. The summed E-state index contributed by atoms with van der Waals surface area (Å²) < 4.78 is 8.43. The Morgan fingerprint density at radius 2 is 1.94 bits per heavy atom. The van der Waals surface area contributed by atoms with Crippen LogP contribution in [0.5, 0.6) is 0 Å². The largest absolute Gasteiger partial charge is 0.464 e. The number of carbonyl (C=O) groups excluding carboxylic acids is 5. The number of esters is 1. The van der Waals surface area contributed by atoms with Crippen LogP contribution in [0.2, 0.25) is 0 Å². The predicted octanol–water partition coefficient (Wildman–Crippen LogP) is 5.58. The Balaban J connectivity index is 1.26. The average molecular weight is 865 g/mol. The lowest BCUT2D eigenvalue weighted by Crippen LogP contribution is -2.62. The Morgan fingerprint density at radius 1 is 1.15 bits per heavy atom. The Kier molecular flexibility index (Phi) is 13.3. The quantitative estimate of drug-likeness (QED) is 0.162. The van der Waals surface area contributed by atoms with Crippen LogP contribution in [-0.4, -0.2) is 110 Å². The van der Waals surface area contributed by atoms with E-state index in [1.54, 1.807) is 11.9 Å². The molecule has 2 saturated heterocycles. The van der Waals surface area contributed by atoms with Crippen molar-refractivity contribution in [2.75, 3.05) is 33.3 Å². The van der Waals surface area contributed by atoms with Gasteiger partial charge in [0.05, 0.1) is 28.9 Å². The summed E-state index contributed by atoms with van der Waals surface area (Å²) in [6.07, 6.45) is 6.07. The molecule has 2 fully saturated rings. The van der Waals surface area contributed by atoms with Crippen LogP contribution in [0, 0.1) is 17.3 Å². The number of thiazole rings is 1. The minimum atomic E-state index is -1.07. The van der Waals surface area contributed by atoms with E-state index in [4.69, 9.17) is 14.7 Å². The van der Waals surface area contributed by atoms with Gasteiger partial charge in [-0.05, 0) is 80.9 Å². The molecule has 3 aliphatic heterocycles. The fourth-order valence-corrected chi connectivity index (χ4v) is 10.2. The number of hydrogen-bond acceptors (Lipinski definition) is 10. The molecule has 4 aromatic rings. The molecule has 0 spiro atoms. The highest BCUT2D eigenvalue weighted by Crippen LogP contribution is 2.41. The van der Waals surface area contributed by atoms with Gasteiger partial charge in [-0.3, -0.25) is 34.0 Å². The lowest BCUT2D eigenvalue weighted by Gasteiger charge is -2.36. The number of hydrazine groups is 1. The molecule has 4 atom stereocenters. The minimum absolute atomic E-state index is 0.0884. The molecule has 4 amide bonds. The number of hydrogen-bond donors (Lipinski definition) is 2. The number of likely N-dealkylation sites (tertiary alicyclic amines) is 1. The predicted molar refractivity (Wildman–Crippen MR) is 240 cm³/mol. The summed E-state index contributed by atoms with van der Waals surface area (Å²) in [5.74, 6) is -2.58. The van der Waals surface area contributed by atoms with Gasteiger partial charge < -0.3 is 24.4 Å². The molecule has 330 valence electrons. The highest BCUT2D eigenvalue weighted by Gasteiger charge is 2.40. The molecule has 3 aliphatic rings. The molecule has 15 heteroatoms. The second-order valence-corrected chi connectivity index (χ2v) is 18.9. The molecule has 62 heavy (non-hydrogen) atoms. The first-order chi connectivity index (χ1) is 29.6. The number of pyridine rings is 1. The number of amides is 4. The van der Waals surface area contributed by atoms with Crippen LogP contribution in [-0.2, 0) is 54.5 Å². The molecular weight excluding hydrogens is 805 g/mol. The topological polar surface area (TPSA) is 159 Å². The van der Waals surface area contributed by atoms with Crippen LogP contribution in [0.15, 0.2) is 54.6 Å². The molecule has 6 heterocycles. The van der Waals surface area contributed by atoms with Gasteiger partial charge >= 0.3 is 5.97 Å². The number of rotatable bonds is 9. The number of nitrogens with one attached hydrogen (secondary N) is 2. The van der Waals surface area contributed by atoms with E-state index in [2.05, 4.69) is 73.8 Å². The van der Waals surface area contributed by atoms with E-state index >= 15 is 0 Å². The van der Waals surface area contributed by atoms with Crippen LogP contribution < -0.4 is 10.7 Å². The minimum Gasteiger partial charge on any atom is -0.464 e. The summed E-state index contributed by atoms with van der Waals surface area (Å²) in [5.41, 5.74) is 9.79. The molecule has 14 nitrogen and oxygen atoms in total. The van der Waals surface area contributed by atoms with Gasteiger partial charge in [-0.1, -0.05) is 47.3 Å². The number of ether oxygens (including phenoxy) is 1. The molecule has 0 aliphatic carbocycles. The number of fused-ring (bicyclic) bond motifs is 6. The van der Waals surface area contributed by atoms with E-state index in [0.29, 0.717) is 43.8 Å². The van der Waals surface area contributed by atoms with Crippen LogP contribution in [0.4, 0.5) is 0 Å². The lowest BCUT2D eigenvalue weighted by molar-refractivity contribution is -0.155. The third-order valence-electron chi connectivity index (χ3n) is 12.5. The average Bonchev–Trinajstić information content (AvgIpc) is 4.02. The summed E-state index contributed by atoms with van der Waals surface area (Å²) in [4.78, 5) is 81.7. The third kappa shape index (κ3) is 9.05. The van der Waals surface area contributed by atoms with Gasteiger partial charge in [-0.15, -0.1) is 11.3 Å². The molecule has 0 unspecified atom stereocenters. The SMILES string of the molecule is C=CC(=O)N1CC[C@H](C(=O)N(C)[C@H](C(=O)N[C@H]2Cc3nc(cs3)-c3ccc4c(c3)c(c(-c3cccnc3CC)n4CC)CC(C)(C)COC(=O)[C@@H]3CCCN(N3)C2=O)C(C)C)C1. The van der Waals surface area contributed by atoms with E-state index in [1.807, 2.05) is 31.5 Å². The number of likely N-dealkylation sites (N-methyl/N-ethyl adjacent to an activating group) is 1. The standard InChI is InChI=1S/C47H60N8O6S/c1-9-34-31(14-12-19-48-34)42-33-24-47(6,7)27-61-46(60)35-15-13-20-55(51-35)45(59)36(23-39-49-37(26-62-39)29-16-17-38(32(33)22-29)54(42)11-3)50-43(57)41(28(4)5)52(8)44(58)30-18-21-53(25-30)40(56)10-2/h10,12,14,16-17,19,22,26,28,30,35-36,41,51H,2,9,11,13,15,18,20-21,23-25,27H2,1,3-8H3,(H,50,57)/t30-,35-,36-,41-/m0/s1. The van der Waals surface area contributed by atoms with Crippen molar-refractivity contribution >= 4 is 51.8 Å². The van der Waals surface area contributed by atoms with E-state index in [0.717, 1.165) is 57.6 Å². The van der Waals surface area contributed by atoms with Crippen LogP contribution in [0.25, 0.3) is 33.4 Å². The fraction of sp³-hybridized carbons (Fsp3) is 0.511. The van der Waals surface area contributed by atoms with Crippen LogP contribution in [0.3, 0.4) is 0 Å². The van der Waals surface area contributed by atoms with Gasteiger partial charge in [0.1, 0.15) is 18.1 Å². The third-order valence-corrected chi connectivity index (χ3v) is 13.4. The summed E-state index contributed by atoms with van der Waals surface area (Å²) in [6, 6.07) is 7.80. The summed E-state index contributed by atoms with van der Waals surface area (Å²) >= 11 is 1.42. The van der Waals surface area contributed by atoms with E-state index in [1.165, 1.54) is 27.3 Å². The number of nitrogens with zero attached hydrogens (tertiary/aromatic N) is 6. The maximum atomic E-state index is 14.6. The smallest absolute Gasteiger partial charge is 0.324 e. The maximum absolute atomic E-state index is 14.6. The first kappa shape index (κ1) is 44.6. The zero-order valence-corrected chi connectivity index (χ0v) is 37.8. The molecular formula is C47H60N8O6S. The number of carbonyl (C=O) groups is 5. The second-order valence-electron chi connectivity index (χ2n) is 17.9. The van der Waals surface area contributed by atoms with Crippen molar-refractivity contribution in [1.29, 1.82) is 0 Å². The van der Waals surface area contributed by atoms with Crippen LogP contribution >= 0.6 is 11.3 Å². The van der Waals surface area contributed by atoms with Crippen molar-refractivity contribution in [2.24, 2.45) is 17.3 Å². The number of aryl methyl sites for hydroxylation is 2. The van der Waals surface area contributed by atoms with Crippen molar-refractivity contribution in [3.8, 4) is 22.5 Å². The number of cyclic esters (lactones) is 1. The fourth-order valence-electron chi connectivity index (χ4n) is 9.35. The Labute approximate surface area is 368 Å².